The monoisotopic (exact) mass is 313 g/mol. The molecule has 0 aliphatic heterocycles. The van der Waals surface area contributed by atoms with Crippen LogP contribution in [0.25, 0.3) is 0 Å². The van der Waals surface area contributed by atoms with Crippen molar-refractivity contribution in [1.82, 2.24) is 5.32 Å². The van der Waals surface area contributed by atoms with Gasteiger partial charge in [-0.05, 0) is 17.7 Å². The Morgan fingerprint density at radius 3 is 2.85 bits per heavy atom. The SMILES string of the molecule is Fc1ccc(CNCCI)cc1Cl. The van der Waals surface area contributed by atoms with Crippen molar-refractivity contribution in [2.45, 2.75) is 6.54 Å². The van der Waals surface area contributed by atoms with E-state index in [9.17, 15) is 4.39 Å². The van der Waals surface area contributed by atoms with E-state index in [4.69, 9.17) is 11.6 Å². The highest BCUT2D eigenvalue weighted by Gasteiger charge is 1.99. The van der Waals surface area contributed by atoms with Crippen molar-refractivity contribution >= 4 is 34.2 Å². The van der Waals surface area contributed by atoms with Crippen molar-refractivity contribution in [3.63, 3.8) is 0 Å². The van der Waals surface area contributed by atoms with Crippen LogP contribution in [0.1, 0.15) is 5.56 Å². The van der Waals surface area contributed by atoms with Gasteiger partial charge in [0.1, 0.15) is 5.82 Å². The molecule has 0 saturated carbocycles. The normalized spacial score (nSPS) is 10.4. The summed E-state index contributed by atoms with van der Waals surface area (Å²) in [6.45, 7) is 1.69. The number of benzene rings is 1. The number of hydrogen-bond donors (Lipinski definition) is 1. The highest BCUT2D eigenvalue weighted by Crippen LogP contribution is 2.15. The molecule has 0 unspecified atom stereocenters. The summed E-state index contributed by atoms with van der Waals surface area (Å²) in [5.41, 5.74) is 1.01. The zero-order valence-electron chi connectivity index (χ0n) is 6.99. The van der Waals surface area contributed by atoms with E-state index in [0.717, 1.165) is 23.1 Å². The number of halogens is 3. The van der Waals surface area contributed by atoms with Gasteiger partial charge in [-0.15, -0.1) is 0 Å². The maximum atomic E-state index is 12.7. The summed E-state index contributed by atoms with van der Waals surface area (Å²) in [6, 6.07) is 4.78. The van der Waals surface area contributed by atoms with Crippen LogP contribution < -0.4 is 5.32 Å². The maximum absolute atomic E-state index is 12.7. The van der Waals surface area contributed by atoms with Gasteiger partial charge in [-0.3, -0.25) is 0 Å². The fraction of sp³-hybridized carbons (Fsp3) is 0.333. The lowest BCUT2D eigenvalue weighted by atomic mass is 10.2. The van der Waals surface area contributed by atoms with Crippen LogP contribution >= 0.6 is 34.2 Å². The first-order valence-electron chi connectivity index (χ1n) is 3.94. The van der Waals surface area contributed by atoms with E-state index >= 15 is 0 Å². The van der Waals surface area contributed by atoms with Gasteiger partial charge in [0.15, 0.2) is 0 Å². The van der Waals surface area contributed by atoms with Crippen molar-refractivity contribution in [2.75, 3.05) is 11.0 Å². The summed E-state index contributed by atoms with van der Waals surface area (Å²) < 4.78 is 13.8. The average Bonchev–Trinajstić information content (AvgIpc) is 2.12. The topological polar surface area (TPSA) is 12.0 Å². The van der Waals surface area contributed by atoms with Crippen molar-refractivity contribution in [3.8, 4) is 0 Å². The number of nitrogens with one attached hydrogen (secondary N) is 1. The molecule has 0 saturated heterocycles. The van der Waals surface area contributed by atoms with E-state index in [2.05, 4.69) is 27.9 Å². The van der Waals surface area contributed by atoms with E-state index in [1.807, 2.05) is 0 Å². The number of hydrogen-bond acceptors (Lipinski definition) is 1. The van der Waals surface area contributed by atoms with Crippen LogP contribution in [0.4, 0.5) is 4.39 Å². The zero-order valence-corrected chi connectivity index (χ0v) is 9.90. The molecule has 1 N–H and O–H groups in total. The Balaban J connectivity index is 2.53. The molecule has 1 aromatic carbocycles. The molecule has 0 radical (unpaired) electrons. The Bertz CT molecular complexity index is 280. The summed E-state index contributed by atoms with van der Waals surface area (Å²) in [4.78, 5) is 0. The second-order valence-corrected chi connectivity index (χ2v) is 4.10. The van der Waals surface area contributed by atoms with Gasteiger partial charge in [-0.1, -0.05) is 40.3 Å². The van der Waals surface area contributed by atoms with Crippen LogP contribution in [0.5, 0.6) is 0 Å². The van der Waals surface area contributed by atoms with Gasteiger partial charge in [0.05, 0.1) is 5.02 Å². The summed E-state index contributed by atoms with van der Waals surface area (Å²) >= 11 is 7.92. The molecule has 0 aromatic heterocycles. The van der Waals surface area contributed by atoms with E-state index in [1.54, 1.807) is 12.1 Å². The Hall–Kier alpha value is 0.130. The fourth-order valence-electron chi connectivity index (χ4n) is 0.949. The Morgan fingerprint density at radius 2 is 2.23 bits per heavy atom. The first kappa shape index (κ1) is 11.2. The molecule has 1 aromatic rings. The highest BCUT2D eigenvalue weighted by molar-refractivity contribution is 14.1. The zero-order chi connectivity index (χ0) is 9.68. The number of rotatable bonds is 4. The quantitative estimate of drug-likeness (QED) is 0.512. The second kappa shape index (κ2) is 5.78. The maximum Gasteiger partial charge on any atom is 0.141 e. The largest absolute Gasteiger partial charge is 0.312 e. The molecule has 13 heavy (non-hydrogen) atoms. The molecule has 0 fully saturated rings. The molecule has 0 aliphatic rings. The predicted molar refractivity (Wildman–Crippen MR) is 62.0 cm³/mol. The minimum absolute atomic E-state index is 0.189. The number of alkyl halides is 1. The van der Waals surface area contributed by atoms with Crippen LogP contribution in [-0.4, -0.2) is 11.0 Å². The Labute approximate surface area is 95.8 Å². The molecule has 0 aliphatic carbocycles. The molecule has 4 heteroatoms. The average molecular weight is 314 g/mol. The molecule has 0 bridgehead atoms. The van der Waals surface area contributed by atoms with Crippen LogP contribution in [0.2, 0.25) is 5.02 Å². The third-order valence-corrected chi connectivity index (χ3v) is 2.41. The van der Waals surface area contributed by atoms with E-state index < -0.39 is 0 Å². The van der Waals surface area contributed by atoms with Crippen molar-refractivity contribution in [3.05, 3.63) is 34.6 Å². The molecular weight excluding hydrogens is 303 g/mol. The van der Waals surface area contributed by atoms with Gasteiger partial charge in [0.2, 0.25) is 0 Å². The Kier molecular flexibility index (Phi) is 4.98. The third-order valence-electron chi connectivity index (χ3n) is 1.58. The van der Waals surface area contributed by atoms with E-state index in [0.29, 0.717) is 0 Å². The smallest absolute Gasteiger partial charge is 0.141 e. The minimum Gasteiger partial charge on any atom is -0.312 e. The standard InChI is InChI=1S/C9H10ClFIN/c10-8-5-7(1-2-9(8)11)6-13-4-3-12/h1-2,5,13H,3-4,6H2. The highest BCUT2D eigenvalue weighted by atomic mass is 127. The molecular formula is C9H10ClFIN. The van der Waals surface area contributed by atoms with Gasteiger partial charge in [0.25, 0.3) is 0 Å². The lowest BCUT2D eigenvalue weighted by Gasteiger charge is -2.03. The first-order chi connectivity index (χ1) is 6.24. The predicted octanol–water partition coefficient (Wildman–Crippen LogP) is 3.00. The minimum atomic E-state index is -0.362. The van der Waals surface area contributed by atoms with Gasteiger partial charge in [-0.25, -0.2) is 4.39 Å². The molecule has 1 rings (SSSR count). The van der Waals surface area contributed by atoms with E-state index in [1.165, 1.54) is 6.07 Å². The van der Waals surface area contributed by atoms with Gasteiger partial charge in [-0.2, -0.15) is 0 Å². The van der Waals surface area contributed by atoms with Gasteiger partial charge in [0, 0.05) is 17.5 Å². The van der Waals surface area contributed by atoms with Crippen LogP contribution in [-0.2, 0) is 6.54 Å². The van der Waals surface area contributed by atoms with Crippen molar-refractivity contribution < 1.29 is 4.39 Å². The van der Waals surface area contributed by atoms with Gasteiger partial charge < -0.3 is 5.32 Å². The fourth-order valence-corrected chi connectivity index (χ4v) is 1.53. The molecule has 1 nitrogen and oxygen atoms in total. The lowest BCUT2D eigenvalue weighted by Crippen LogP contribution is -2.15. The summed E-state index contributed by atoms with van der Waals surface area (Å²) in [6.07, 6.45) is 0. The first-order valence-corrected chi connectivity index (χ1v) is 5.85. The summed E-state index contributed by atoms with van der Waals surface area (Å²) in [5.74, 6) is -0.362. The Morgan fingerprint density at radius 1 is 1.46 bits per heavy atom. The van der Waals surface area contributed by atoms with Crippen molar-refractivity contribution in [1.29, 1.82) is 0 Å². The molecule has 0 amide bonds. The molecule has 0 heterocycles. The van der Waals surface area contributed by atoms with E-state index in [-0.39, 0.29) is 10.8 Å². The molecule has 72 valence electrons. The molecule has 0 spiro atoms. The molecule has 0 atom stereocenters. The lowest BCUT2D eigenvalue weighted by molar-refractivity contribution is 0.626. The van der Waals surface area contributed by atoms with Crippen LogP contribution in [0.15, 0.2) is 18.2 Å². The van der Waals surface area contributed by atoms with Crippen molar-refractivity contribution in [2.24, 2.45) is 0 Å². The third kappa shape index (κ3) is 3.79. The van der Waals surface area contributed by atoms with Gasteiger partial charge >= 0.3 is 0 Å². The second-order valence-electron chi connectivity index (χ2n) is 2.61. The summed E-state index contributed by atoms with van der Waals surface area (Å²) in [7, 11) is 0. The van der Waals surface area contributed by atoms with Crippen LogP contribution in [0.3, 0.4) is 0 Å². The summed E-state index contributed by atoms with van der Waals surface area (Å²) in [5, 5.41) is 3.40. The van der Waals surface area contributed by atoms with Crippen LogP contribution in [0, 0.1) is 5.82 Å².